The smallest absolute Gasteiger partial charge is 0.217 e. The number of hydrogen-bond donors (Lipinski definition) is 1. The normalized spacial score (nSPS) is 26.1. The van der Waals surface area contributed by atoms with Gasteiger partial charge in [-0.1, -0.05) is 24.1 Å². The topological polar surface area (TPSA) is 73.6 Å². The van der Waals surface area contributed by atoms with E-state index >= 15 is 0 Å². The molecule has 1 saturated heterocycles. The maximum absolute atomic E-state index is 11.8. The third-order valence-electron chi connectivity index (χ3n) is 6.69. The van der Waals surface area contributed by atoms with Gasteiger partial charge in [0.25, 0.3) is 0 Å². The van der Waals surface area contributed by atoms with Crippen molar-refractivity contribution in [2.75, 3.05) is 7.11 Å². The molecule has 1 aliphatic carbocycles. The van der Waals surface area contributed by atoms with Crippen LogP contribution in [-0.4, -0.2) is 30.3 Å². The summed E-state index contributed by atoms with van der Waals surface area (Å²) in [6.45, 7) is 5.52. The fourth-order valence-electron chi connectivity index (χ4n) is 5.15. The average Bonchev–Trinajstić information content (AvgIpc) is 3.05. The summed E-state index contributed by atoms with van der Waals surface area (Å²) in [4.78, 5) is 11.8. The Morgan fingerprint density at radius 1 is 1.27 bits per heavy atom. The minimum absolute atomic E-state index is 0.0319. The Balaban J connectivity index is 1.62. The Bertz CT molecular complexity index is 887. The van der Waals surface area contributed by atoms with Crippen LogP contribution in [0.15, 0.2) is 22.7 Å². The summed E-state index contributed by atoms with van der Waals surface area (Å²) in [6.07, 6.45) is 6.29. The van der Waals surface area contributed by atoms with E-state index in [9.17, 15) is 4.79 Å². The number of methoxy groups -OCH3 is 1. The number of nitrogens with one attached hydrogen (secondary N) is 1. The third kappa shape index (κ3) is 4.24. The molecule has 1 saturated carbocycles. The number of aromatic nitrogens is 1. The third-order valence-corrected chi connectivity index (χ3v) is 6.69. The van der Waals surface area contributed by atoms with Crippen LogP contribution in [0.25, 0.3) is 0 Å². The predicted molar refractivity (Wildman–Crippen MR) is 114 cm³/mol. The second-order valence-electron chi connectivity index (χ2n) is 8.70. The minimum Gasteiger partial charge on any atom is -0.496 e. The van der Waals surface area contributed by atoms with E-state index in [1.165, 1.54) is 12.8 Å². The molecule has 0 spiro atoms. The highest BCUT2D eigenvalue weighted by Crippen LogP contribution is 2.42. The molecular formula is C24H32N2O4. The van der Waals surface area contributed by atoms with Gasteiger partial charge in [-0.15, -0.1) is 0 Å². The number of hydrogen-bond acceptors (Lipinski definition) is 5. The highest BCUT2D eigenvalue weighted by molar-refractivity contribution is 5.73. The SMILES string of the molecule is COc1ccc([C@H]2C[C@@H](NC(C)=O)[C@@H]3CCCC[C@H]3O2)cc1Cc1c(C)noc1C. The summed E-state index contributed by atoms with van der Waals surface area (Å²) in [5.41, 5.74) is 4.23. The predicted octanol–water partition coefficient (Wildman–Crippen LogP) is 4.42. The van der Waals surface area contributed by atoms with Crippen LogP contribution in [0.5, 0.6) is 5.75 Å². The molecule has 6 heteroatoms. The molecule has 4 rings (SSSR count). The molecule has 1 aromatic carbocycles. The van der Waals surface area contributed by atoms with E-state index in [1.54, 1.807) is 14.0 Å². The molecule has 1 N–H and O–H groups in total. The highest BCUT2D eigenvalue weighted by atomic mass is 16.5. The lowest BCUT2D eigenvalue weighted by Gasteiger charge is -2.45. The number of rotatable bonds is 5. The van der Waals surface area contributed by atoms with Gasteiger partial charge in [-0.3, -0.25) is 4.79 Å². The molecule has 1 amide bonds. The van der Waals surface area contributed by atoms with E-state index < -0.39 is 0 Å². The van der Waals surface area contributed by atoms with Gasteiger partial charge in [0.1, 0.15) is 11.5 Å². The van der Waals surface area contributed by atoms with Gasteiger partial charge in [-0.05, 0) is 56.4 Å². The van der Waals surface area contributed by atoms with Crippen LogP contribution >= 0.6 is 0 Å². The van der Waals surface area contributed by atoms with Crippen LogP contribution in [0.4, 0.5) is 0 Å². The van der Waals surface area contributed by atoms with Crippen molar-refractivity contribution in [3.63, 3.8) is 0 Å². The zero-order chi connectivity index (χ0) is 21.3. The number of nitrogens with zero attached hydrogens (tertiary/aromatic N) is 1. The molecule has 162 valence electrons. The fourth-order valence-corrected chi connectivity index (χ4v) is 5.15. The maximum Gasteiger partial charge on any atom is 0.217 e. The monoisotopic (exact) mass is 412 g/mol. The van der Waals surface area contributed by atoms with Crippen LogP contribution in [0.2, 0.25) is 0 Å². The summed E-state index contributed by atoms with van der Waals surface area (Å²) in [6, 6.07) is 6.46. The van der Waals surface area contributed by atoms with Crippen molar-refractivity contribution in [2.45, 2.75) is 77.5 Å². The van der Waals surface area contributed by atoms with E-state index in [0.717, 1.165) is 53.2 Å². The molecule has 2 heterocycles. The van der Waals surface area contributed by atoms with Crippen LogP contribution in [-0.2, 0) is 16.0 Å². The van der Waals surface area contributed by atoms with Crippen molar-refractivity contribution in [3.8, 4) is 5.75 Å². The Hall–Kier alpha value is -2.34. The largest absolute Gasteiger partial charge is 0.496 e. The summed E-state index contributed by atoms with van der Waals surface area (Å²) < 4.78 is 17.5. The lowest BCUT2D eigenvalue weighted by Crippen LogP contribution is -2.50. The van der Waals surface area contributed by atoms with Crippen LogP contribution in [0.1, 0.15) is 73.3 Å². The number of benzene rings is 1. The van der Waals surface area contributed by atoms with Gasteiger partial charge in [0, 0.05) is 30.9 Å². The Morgan fingerprint density at radius 2 is 2.07 bits per heavy atom. The summed E-state index contributed by atoms with van der Waals surface area (Å²) in [5.74, 6) is 2.14. The van der Waals surface area contributed by atoms with Crippen molar-refractivity contribution in [1.82, 2.24) is 10.5 Å². The van der Waals surface area contributed by atoms with Crippen LogP contribution in [0, 0.1) is 19.8 Å². The quantitative estimate of drug-likeness (QED) is 0.787. The highest BCUT2D eigenvalue weighted by Gasteiger charge is 2.40. The van der Waals surface area contributed by atoms with E-state index in [0.29, 0.717) is 12.3 Å². The number of amides is 1. The van der Waals surface area contributed by atoms with Gasteiger partial charge in [-0.2, -0.15) is 0 Å². The van der Waals surface area contributed by atoms with Gasteiger partial charge in [0.2, 0.25) is 5.91 Å². The summed E-state index contributed by atoms with van der Waals surface area (Å²) in [7, 11) is 1.70. The molecule has 1 aromatic heterocycles. The maximum atomic E-state index is 11.8. The second-order valence-corrected chi connectivity index (χ2v) is 8.70. The number of ether oxygens (including phenoxy) is 2. The van der Waals surface area contributed by atoms with Crippen LogP contribution in [0.3, 0.4) is 0 Å². The van der Waals surface area contributed by atoms with Gasteiger partial charge in [0.05, 0.1) is 25.0 Å². The zero-order valence-electron chi connectivity index (χ0n) is 18.4. The minimum atomic E-state index is -0.0319. The Labute approximate surface area is 178 Å². The summed E-state index contributed by atoms with van der Waals surface area (Å²) >= 11 is 0. The second kappa shape index (κ2) is 8.80. The van der Waals surface area contributed by atoms with Crippen molar-refractivity contribution in [3.05, 3.63) is 46.3 Å². The van der Waals surface area contributed by atoms with E-state index in [4.69, 9.17) is 14.0 Å². The standard InChI is InChI=1S/C24H32N2O4/c1-14-20(15(2)30-26-14)12-18-11-17(9-10-22(18)28-4)24-13-21(25-16(3)27)19-7-5-6-8-23(19)29-24/h9-11,19,21,23-24H,5-8,12-13H2,1-4H3,(H,25,27)/t19-,21+,23+,24+/m0/s1. The number of fused-ring (bicyclic) bond motifs is 1. The first-order chi connectivity index (χ1) is 14.5. The Morgan fingerprint density at radius 3 is 2.77 bits per heavy atom. The molecule has 4 atom stereocenters. The summed E-state index contributed by atoms with van der Waals surface area (Å²) in [5, 5.41) is 7.29. The molecule has 0 unspecified atom stereocenters. The van der Waals surface area contributed by atoms with Gasteiger partial charge < -0.3 is 19.3 Å². The van der Waals surface area contributed by atoms with Crippen LogP contribution < -0.4 is 10.1 Å². The number of carbonyl (C=O) groups is 1. The molecule has 6 nitrogen and oxygen atoms in total. The van der Waals surface area contributed by atoms with E-state index in [2.05, 4.69) is 22.6 Å². The van der Waals surface area contributed by atoms with Crippen molar-refractivity contribution < 1.29 is 18.8 Å². The van der Waals surface area contributed by atoms with Gasteiger partial charge in [-0.25, -0.2) is 0 Å². The molecule has 1 aliphatic heterocycles. The van der Waals surface area contributed by atoms with Crippen molar-refractivity contribution in [1.29, 1.82) is 0 Å². The molecule has 30 heavy (non-hydrogen) atoms. The number of carbonyl (C=O) groups excluding carboxylic acids is 1. The molecule has 0 bridgehead atoms. The lowest BCUT2D eigenvalue weighted by molar-refractivity contribution is -0.131. The average molecular weight is 413 g/mol. The zero-order valence-corrected chi connectivity index (χ0v) is 18.4. The van der Waals surface area contributed by atoms with E-state index in [1.807, 2.05) is 19.9 Å². The van der Waals surface area contributed by atoms with Gasteiger partial charge >= 0.3 is 0 Å². The van der Waals surface area contributed by atoms with E-state index in [-0.39, 0.29) is 24.2 Å². The fraction of sp³-hybridized carbons (Fsp3) is 0.583. The molecule has 2 fully saturated rings. The molecule has 0 radical (unpaired) electrons. The molecule has 2 aromatic rings. The van der Waals surface area contributed by atoms with Crippen molar-refractivity contribution >= 4 is 5.91 Å². The lowest BCUT2D eigenvalue weighted by atomic mass is 9.76. The molecule has 2 aliphatic rings. The first-order valence-electron chi connectivity index (χ1n) is 11.0. The van der Waals surface area contributed by atoms with Gasteiger partial charge in [0.15, 0.2) is 0 Å². The molecular weight excluding hydrogens is 380 g/mol. The Kier molecular flexibility index (Phi) is 6.14. The first kappa shape index (κ1) is 20.9. The first-order valence-corrected chi connectivity index (χ1v) is 11.0. The number of aryl methyl sites for hydroxylation is 2. The van der Waals surface area contributed by atoms with Crippen molar-refractivity contribution in [2.24, 2.45) is 5.92 Å².